The van der Waals surface area contributed by atoms with Gasteiger partial charge in [0.25, 0.3) is 0 Å². The zero-order chi connectivity index (χ0) is 16.0. The van der Waals surface area contributed by atoms with E-state index in [2.05, 4.69) is 5.32 Å². The van der Waals surface area contributed by atoms with Gasteiger partial charge in [-0.2, -0.15) is 0 Å². The van der Waals surface area contributed by atoms with Gasteiger partial charge < -0.3 is 15.3 Å². The minimum Gasteiger partial charge on any atom is -0.481 e. The molecule has 0 aliphatic rings. The van der Waals surface area contributed by atoms with Gasteiger partial charge in [-0.3, -0.25) is 9.59 Å². The monoisotopic (exact) mass is 292 g/mol. The van der Waals surface area contributed by atoms with Crippen molar-refractivity contribution in [1.82, 2.24) is 5.32 Å². The summed E-state index contributed by atoms with van der Waals surface area (Å²) in [4.78, 5) is 24.8. The third kappa shape index (κ3) is 5.85. The van der Waals surface area contributed by atoms with Gasteiger partial charge >= 0.3 is 5.97 Å². The Morgan fingerprint density at radius 1 is 1.19 bits per heavy atom. The van der Waals surface area contributed by atoms with Crippen LogP contribution in [0.15, 0.2) is 24.3 Å². The Labute approximate surface area is 126 Å². The molecule has 0 radical (unpaired) electrons. The SMILES string of the molecule is CC(C)[C@@H](CC(=O)O)NC(=O)Cc1ccc(N(C)C)cc1. The van der Waals surface area contributed by atoms with Crippen molar-refractivity contribution in [3.63, 3.8) is 0 Å². The van der Waals surface area contributed by atoms with Crippen LogP contribution in [0.25, 0.3) is 0 Å². The average molecular weight is 292 g/mol. The maximum atomic E-state index is 12.0. The van der Waals surface area contributed by atoms with Gasteiger partial charge in [0.15, 0.2) is 0 Å². The number of carbonyl (C=O) groups excluding carboxylic acids is 1. The van der Waals surface area contributed by atoms with Crippen molar-refractivity contribution in [2.75, 3.05) is 19.0 Å². The second-order valence-electron chi connectivity index (χ2n) is 5.75. The van der Waals surface area contributed by atoms with Gasteiger partial charge in [0, 0.05) is 25.8 Å². The molecule has 0 heterocycles. The fraction of sp³-hybridized carbons (Fsp3) is 0.500. The Bertz CT molecular complexity index is 481. The molecule has 0 aliphatic heterocycles. The second-order valence-corrected chi connectivity index (χ2v) is 5.75. The lowest BCUT2D eigenvalue weighted by molar-refractivity contribution is -0.138. The molecule has 21 heavy (non-hydrogen) atoms. The number of benzene rings is 1. The molecule has 1 aromatic carbocycles. The Kier molecular flexibility index (Phi) is 6.21. The normalized spacial score (nSPS) is 12.0. The van der Waals surface area contributed by atoms with Crippen molar-refractivity contribution in [2.24, 2.45) is 5.92 Å². The molecule has 5 nitrogen and oxygen atoms in total. The summed E-state index contributed by atoms with van der Waals surface area (Å²) < 4.78 is 0. The van der Waals surface area contributed by atoms with Gasteiger partial charge in [0.1, 0.15) is 0 Å². The number of rotatable bonds is 7. The zero-order valence-electron chi connectivity index (χ0n) is 13.1. The molecular weight excluding hydrogens is 268 g/mol. The highest BCUT2D eigenvalue weighted by Gasteiger charge is 2.19. The van der Waals surface area contributed by atoms with E-state index in [4.69, 9.17) is 5.11 Å². The minimum absolute atomic E-state index is 0.0526. The molecule has 1 atom stereocenters. The minimum atomic E-state index is -0.899. The zero-order valence-corrected chi connectivity index (χ0v) is 13.1. The first-order valence-electron chi connectivity index (χ1n) is 7.07. The average Bonchev–Trinajstić information content (AvgIpc) is 2.37. The van der Waals surface area contributed by atoms with Gasteiger partial charge in [-0.25, -0.2) is 0 Å². The van der Waals surface area contributed by atoms with Crippen LogP contribution in [0.3, 0.4) is 0 Å². The summed E-state index contributed by atoms with van der Waals surface area (Å²) in [5.74, 6) is -0.960. The Balaban J connectivity index is 2.61. The van der Waals surface area contributed by atoms with Crippen molar-refractivity contribution in [3.8, 4) is 0 Å². The van der Waals surface area contributed by atoms with Crippen molar-refractivity contribution in [1.29, 1.82) is 0 Å². The van der Waals surface area contributed by atoms with Crippen LogP contribution in [0.1, 0.15) is 25.8 Å². The molecule has 1 amide bonds. The number of carbonyl (C=O) groups is 2. The molecule has 1 aromatic rings. The fourth-order valence-electron chi connectivity index (χ4n) is 2.00. The van der Waals surface area contributed by atoms with Gasteiger partial charge in [0.05, 0.1) is 12.8 Å². The standard InChI is InChI=1S/C16H24N2O3/c1-11(2)14(10-16(20)21)17-15(19)9-12-5-7-13(8-6-12)18(3)4/h5-8,11,14H,9-10H2,1-4H3,(H,17,19)(H,20,21)/t14-/m1/s1. The van der Waals surface area contributed by atoms with Crippen molar-refractivity contribution in [2.45, 2.75) is 32.7 Å². The number of nitrogens with one attached hydrogen (secondary N) is 1. The number of anilines is 1. The lowest BCUT2D eigenvalue weighted by Gasteiger charge is -2.20. The van der Waals surface area contributed by atoms with E-state index in [9.17, 15) is 9.59 Å². The third-order valence-corrected chi connectivity index (χ3v) is 3.36. The van der Waals surface area contributed by atoms with Crippen LogP contribution >= 0.6 is 0 Å². The fourth-order valence-corrected chi connectivity index (χ4v) is 2.00. The van der Waals surface area contributed by atoms with Gasteiger partial charge in [-0.15, -0.1) is 0 Å². The highest BCUT2D eigenvalue weighted by Crippen LogP contribution is 2.13. The molecule has 2 N–H and O–H groups in total. The van der Waals surface area contributed by atoms with Crippen molar-refractivity contribution in [3.05, 3.63) is 29.8 Å². The van der Waals surface area contributed by atoms with E-state index in [0.717, 1.165) is 11.3 Å². The first kappa shape index (κ1) is 17.0. The first-order valence-corrected chi connectivity index (χ1v) is 7.07. The largest absolute Gasteiger partial charge is 0.481 e. The molecule has 0 spiro atoms. The summed E-state index contributed by atoms with van der Waals surface area (Å²) in [5, 5.41) is 11.7. The number of nitrogens with zero attached hydrogens (tertiary/aromatic N) is 1. The summed E-state index contributed by atoms with van der Waals surface area (Å²) in [5.41, 5.74) is 1.99. The van der Waals surface area contributed by atoms with Crippen LogP contribution in [0, 0.1) is 5.92 Å². The van der Waals surface area contributed by atoms with Gasteiger partial charge in [0.2, 0.25) is 5.91 Å². The molecule has 0 saturated heterocycles. The predicted molar refractivity (Wildman–Crippen MR) is 83.5 cm³/mol. The molecular formula is C16H24N2O3. The molecule has 0 unspecified atom stereocenters. The summed E-state index contributed by atoms with van der Waals surface area (Å²) in [7, 11) is 3.92. The van der Waals surface area contributed by atoms with E-state index >= 15 is 0 Å². The number of hydrogen-bond donors (Lipinski definition) is 2. The van der Waals surface area contributed by atoms with Crippen LogP contribution in [0.5, 0.6) is 0 Å². The van der Waals surface area contributed by atoms with Gasteiger partial charge in [-0.1, -0.05) is 26.0 Å². The van der Waals surface area contributed by atoms with E-state index in [1.165, 1.54) is 0 Å². The maximum absolute atomic E-state index is 12.0. The summed E-state index contributed by atoms with van der Waals surface area (Å²) in [6, 6.07) is 7.41. The summed E-state index contributed by atoms with van der Waals surface area (Å²) in [6.07, 6.45) is 0.208. The summed E-state index contributed by atoms with van der Waals surface area (Å²) >= 11 is 0. The van der Waals surface area contributed by atoms with Crippen molar-refractivity contribution >= 4 is 17.6 Å². The van der Waals surface area contributed by atoms with Crippen molar-refractivity contribution < 1.29 is 14.7 Å². The smallest absolute Gasteiger partial charge is 0.305 e. The summed E-state index contributed by atoms with van der Waals surface area (Å²) in [6.45, 7) is 3.81. The van der Waals surface area contributed by atoms with Crippen LogP contribution in [-0.2, 0) is 16.0 Å². The highest BCUT2D eigenvalue weighted by atomic mass is 16.4. The molecule has 0 aliphatic carbocycles. The van der Waals surface area contributed by atoms with Crippen LogP contribution < -0.4 is 10.2 Å². The lowest BCUT2D eigenvalue weighted by atomic mass is 10.0. The Hall–Kier alpha value is -2.04. The number of carboxylic acids is 1. The molecule has 5 heteroatoms. The van der Waals surface area contributed by atoms with Crippen LogP contribution in [0.4, 0.5) is 5.69 Å². The lowest BCUT2D eigenvalue weighted by Crippen LogP contribution is -2.40. The van der Waals surface area contributed by atoms with Gasteiger partial charge in [-0.05, 0) is 23.6 Å². The van der Waals surface area contributed by atoms with Crippen LogP contribution in [-0.4, -0.2) is 37.1 Å². The first-order chi connectivity index (χ1) is 9.79. The molecule has 1 rings (SSSR count). The van der Waals surface area contributed by atoms with E-state index in [-0.39, 0.29) is 30.7 Å². The molecule has 0 aromatic heterocycles. The Morgan fingerprint density at radius 3 is 2.19 bits per heavy atom. The molecule has 0 saturated carbocycles. The number of carboxylic acid groups (broad SMARTS) is 1. The van der Waals surface area contributed by atoms with E-state index < -0.39 is 5.97 Å². The van der Waals surface area contributed by atoms with E-state index in [1.54, 1.807) is 0 Å². The second kappa shape index (κ2) is 7.67. The predicted octanol–water partition coefficient (Wildman–Crippen LogP) is 1.91. The topological polar surface area (TPSA) is 69.6 Å². The molecule has 116 valence electrons. The molecule has 0 fully saturated rings. The van der Waals surface area contributed by atoms with Crippen LogP contribution in [0.2, 0.25) is 0 Å². The van der Waals surface area contributed by atoms with E-state index in [1.807, 2.05) is 57.1 Å². The third-order valence-electron chi connectivity index (χ3n) is 3.36. The Morgan fingerprint density at radius 2 is 1.76 bits per heavy atom. The molecule has 0 bridgehead atoms. The number of aliphatic carboxylic acids is 1. The maximum Gasteiger partial charge on any atom is 0.305 e. The number of hydrogen-bond acceptors (Lipinski definition) is 3. The van der Waals surface area contributed by atoms with E-state index in [0.29, 0.717) is 0 Å². The quantitative estimate of drug-likeness (QED) is 0.805. The highest BCUT2D eigenvalue weighted by molar-refractivity contribution is 5.79. The number of amides is 1.